The molecule has 0 spiro atoms. The molecule has 7 heteroatoms. The Labute approximate surface area is 141 Å². The normalized spacial score (nSPS) is 18.4. The van der Waals surface area contributed by atoms with E-state index in [1.54, 1.807) is 18.5 Å². The molecular weight excluding hydrogens is 307 g/mol. The van der Waals surface area contributed by atoms with Gasteiger partial charge in [0.05, 0.1) is 6.20 Å². The summed E-state index contributed by atoms with van der Waals surface area (Å²) in [5.74, 6) is 1.28. The number of halogens is 1. The fourth-order valence-corrected chi connectivity index (χ4v) is 2.94. The molecule has 1 fully saturated rings. The van der Waals surface area contributed by atoms with E-state index < -0.39 is 0 Å². The van der Waals surface area contributed by atoms with Gasteiger partial charge >= 0.3 is 0 Å². The summed E-state index contributed by atoms with van der Waals surface area (Å²) in [6, 6.07) is 3.93. The van der Waals surface area contributed by atoms with E-state index >= 15 is 0 Å². The second-order valence-corrected chi connectivity index (χ2v) is 6.32. The minimum absolute atomic E-state index is 0.237. The minimum atomic E-state index is -0.237. The third-order valence-electron chi connectivity index (χ3n) is 4.15. The Hall–Kier alpha value is -2.28. The van der Waals surface area contributed by atoms with E-state index in [1.807, 2.05) is 25.1 Å². The molecule has 0 radical (unpaired) electrons. The summed E-state index contributed by atoms with van der Waals surface area (Å²) in [5, 5.41) is 3.48. The minimum Gasteiger partial charge on any atom is -0.366 e. The third-order valence-corrected chi connectivity index (χ3v) is 4.15. The van der Waals surface area contributed by atoms with Crippen molar-refractivity contribution in [2.75, 3.05) is 37.4 Å². The van der Waals surface area contributed by atoms with E-state index in [2.05, 4.69) is 25.2 Å². The van der Waals surface area contributed by atoms with Crippen LogP contribution in [0.15, 0.2) is 30.7 Å². The van der Waals surface area contributed by atoms with E-state index in [-0.39, 0.29) is 5.82 Å². The number of piperidine rings is 1. The van der Waals surface area contributed by atoms with Gasteiger partial charge in [-0.05, 0) is 31.5 Å². The lowest BCUT2D eigenvalue weighted by molar-refractivity contribution is 0.206. The molecule has 128 valence electrons. The number of pyridine rings is 1. The largest absolute Gasteiger partial charge is 0.366 e. The van der Waals surface area contributed by atoms with Crippen molar-refractivity contribution in [3.8, 4) is 0 Å². The van der Waals surface area contributed by atoms with Crippen molar-refractivity contribution < 1.29 is 4.39 Å². The molecule has 2 aromatic heterocycles. The van der Waals surface area contributed by atoms with Gasteiger partial charge in [0.1, 0.15) is 11.6 Å². The number of nitrogens with zero attached hydrogens (tertiary/aromatic N) is 5. The summed E-state index contributed by atoms with van der Waals surface area (Å²) < 4.78 is 13.8. The predicted molar refractivity (Wildman–Crippen MR) is 92.5 cm³/mol. The first-order valence-electron chi connectivity index (χ1n) is 8.19. The topological polar surface area (TPSA) is 57.2 Å². The summed E-state index contributed by atoms with van der Waals surface area (Å²) in [6.07, 6.45) is 6.84. The fourth-order valence-electron chi connectivity index (χ4n) is 2.94. The Morgan fingerprint density at radius 1 is 1.33 bits per heavy atom. The fraction of sp³-hybridized carbons (Fsp3) is 0.471. The van der Waals surface area contributed by atoms with Gasteiger partial charge in [0, 0.05) is 51.2 Å². The second-order valence-electron chi connectivity index (χ2n) is 6.32. The molecule has 1 aliphatic heterocycles. The molecule has 3 rings (SSSR count). The molecular formula is C17H23FN6. The molecule has 2 aromatic rings. The van der Waals surface area contributed by atoms with Gasteiger partial charge < -0.3 is 10.2 Å². The second kappa shape index (κ2) is 7.53. The smallest absolute Gasteiger partial charge is 0.226 e. The zero-order valence-electron chi connectivity index (χ0n) is 14.1. The third kappa shape index (κ3) is 4.17. The Bertz CT molecular complexity index is 678. The van der Waals surface area contributed by atoms with Crippen LogP contribution in [0.4, 0.5) is 16.2 Å². The number of likely N-dealkylation sites (tertiary alicyclic amines) is 1. The number of rotatable bonds is 5. The predicted octanol–water partition coefficient (Wildman–Crippen LogP) is 2.15. The van der Waals surface area contributed by atoms with E-state index in [4.69, 9.17) is 0 Å². The van der Waals surface area contributed by atoms with E-state index in [9.17, 15) is 4.39 Å². The van der Waals surface area contributed by atoms with Crippen molar-refractivity contribution in [3.05, 3.63) is 42.1 Å². The molecule has 1 aliphatic rings. The Morgan fingerprint density at radius 3 is 3.00 bits per heavy atom. The maximum absolute atomic E-state index is 13.8. The van der Waals surface area contributed by atoms with Crippen LogP contribution in [-0.2, 0) is 6.54 Å². The molecule has 3 heterocycles. The number of hydrogen-bond donors (Lipinski definition) is 1. The average Bonchev–Trinajstić information content (AvgIpc) is 2.57. The average molecular weight is 330 g/mol. The first-order chi connectivity index (χ1) is 11.6. The van der Waals surface area contributed by atoms with Crippen LogP contribution < -0.4 is 10.2 Å². The molecule has 1 saturated heterocycles. The number of nitrogens with one attached hydrogen (secondary N) is 1. The summed E-state index contributed by atoms with van der Waals surface area (Å²) in [6.45, 7) is 2.45. The molecule has 0 aliphatic carbocycles. The molecule has 24 heavy (non-hydrogen) atoms. The Morgan fingerprint density at radius 2 is 2.21 bits per heavy atom. The van der Waals surface area contributed by atoms with Gasteiger partial charge in [-0.2, -0.15) is 4.98 Å². The maximum atomic E-state index is 13.8. The van der Waals surface area contributed by atoms with Crippen LogP contribution in [0.1, 0.15) is 18.4 Å². The van der Waals surface area contributed by atoms with Crippen molar-refractivity contribution in [1.29, 1.82) is 0 Å². The van der Waals surface area contributed by atoms with Crippen molar-refractivity contribution in [1.82, 2.24) is 19.9 Å². The highest BCUT2D eigenvalue weighted by molar-refractivity contribution is 5.41. The van der Waals surface area contributed by atoms with Crippen LogP contribution in [-0.4, -0.2) is 53.1 Å². The highest BCUT2D eigenvalue weighted by Gasteiger charge is 2.21. The first-order valence-corrected chi connectivity index (χ1v) is 8.19. The molecule has 6 nitrogen and oxygen atoms in total. The Kier molecular flexibility index (Phi) is 5.20. The lowest BCUT2D eigenvalue weighted by Crippen LogP contribution is -2.41. The van der Waals surface area contributed by atoms with Crippen LogP contribution >= 0.6 is 0 Å². The summed E-state index contributed by atoms with van der Waals surface area (Å²) in [7, 11) is 3.84. The molecule has 0 aromatic carbocycles. The van der Waals surface area contributed by atoms with Gasteiger partial charge in [-0.25, -0.2) is 9.37 Å². The zero-order chi connectivity index (χ0) is 16.9. The van der Waals surface area contributed by atoms with Gasteiger partial charge in [-0.1, -0.05) is 0 Å². The van der Waals surface area contributed by atoms with E-state index in [0.29, 0.717) is 24.1 Å². The summed E-state index contributed by atoms with van der Waals surface area (Å²) in [4.78, 5) is 16.7. The highest BCUT2D eigenvalue weighted by Crippen LogP contribution is 2.18. The molecule has 0 amide bonds. The van der Waals surface area contributed by atoms with Gasteiger partial charge in [0.15, 0.2) is 0 Å². The van der Waals surface area contributed by atoms with Crippen LogP contribution in [0.5, 0.6) is 0 Å². The number of anilines is 2. The molecule has 0 saturated carbocycles. The van der Waals surface area contributed by atoms with Crippen LogP contribution in [0.3, 0.4) is 0 Å². The first kappa shape index (κ1) is 16.6. The van der Waals surface area contributed by atoms with E-state index in [0.717, 1.165) is 31.7 Å². The Balaban J connectivity index is 1.61. The van der Waals surface area contributed by atoms with Crippen molar-refractivity contribution in [3.63, 3.8) is 0 Å². The van der Waals surface area contributed by atoms with Crippen molar-refractivity contribution in [2.24, 2.45) is 0 Å². The van der Waals surface area contributed by atoms with Gasteiger partial charge in [-0.3, -0.25) is 9.88 Å². The quantitative estimate of drug-likeness (QED) is 0.907. The monoisotopic (exact) mass is 330 g/mol. The highest BCUT2D eigenvalue weighted by atomic mass is 19.1. The van der Waals surface area contributed by atoms with Crippen molar-refractivity contribution >= 4 is 11.8 Å². The molecule has 1 atom stereocenters. The zero-order valence-corrected chi connectivity index (χ0v) is 14.1. The number of aromatic nitrogens is 3. The molecule has 1 N–H and O–H groups in total. The standard InChI is InChI=1S/C17H23FN6/c1-23(2)17-20-8-6-16(22-17)21-14-4-3-9-24(12-14)11-13-5-7-19-10-15(13)18/h5-8,10,14H,3-4,9,11-12H2,1-2H3,(H,20,21,22). The SMILES string of the molecule is CN(C)c1nccc(NC2CCCN(Cc3ccncc3F)C2)n1. The maximum Gasteiger partial charge on any atom is 0.226 e. The molecule has 0 bridgehead atoms. The van der Waals surface area contributed by atoms with Gasteiger partial charge in [0.2, 0.25) is 5.95 Å². The lowest BCUT2D eigenvalue weighted by atomic mass is 10.0. The van der Waals surface area contributed by atoms with Crippen LogP contribution in [0.2, 0.25) is 0 Å². The lowest BCUT2D eigenvalue weighted by Gasteiger charge is -2.33. The van der Waals surface area contributed by atoms with Gasteiger partial charge in [0.25, 0.3) is 0 Å². The van der Waals surface area contributed by atoms with Crippen molar-refractivity contribution in [2.45, 2.75) is 25.4 Å². The van der Waals surface area contributed by atoms with E-state index in [1.165, 1.54) is 6.20 Å². The number of hydrogen-bond acceptors (Lipinski definition) is 6. The molecule has 1 unspecified atom stereocenters. The summed E-state index contributed by atoms with van der Waals surface area (Å²) >= 11 is 0. The van der Waals surface area contributed by atoms with Crippen LogP contribution in [0, 0.1) is 5.82 Å². The van der Waals surface area contributed by atoms with Crippen LogP contribution in [0.25, 0.3) is 0 Å². The summed E-state index contributed by atoms with van der Waals surface area (Å²) in [5.41, 5.74) is 0.697. The van der Waals surface area contributed by atoms with Gasteiger partial charge in [-0.15, -0.1) is 0 Å².